The van der Waals surface area contributed by atoms with Crippen LogP contribution < -0.4 is 19.1 Å². The summed E-state index contributed by atoms with van der Waals surface area (Å²) in [7, 11) is 0. The van der Waals surface area contributed by atoms with E-state index in [2.05, 4.69) is 22.9 Å². The van der Waals surface area contributed by atoms with Gasteiger partial charge in [-0.15, -0.1) is 0 Å². The molecule has 0 N–H and O–H groups in total. The largest absolute Gasteiger partial charge is 0.481 e. The van der Waals surface area contributed by atoms with Crippen molar-refractivity contribution in [3.8, 4) is 17.2 Å². The first-order chi connectivity index (χ1) is 13.1. The Labute approximate surface area is 158 Å². The van der Waals surface area contributed by atoms with Gasteiger partial charge in [-0.05, 0) is 37.6 Å². The molecule has 142 valence electrons. The lowest BCUT2D eigenvalue weighted by Gasteiger charge is -2.37. The highest BCUT2D eigenvalue weighted by atomic mass is 16.7. The minimum absolute atomic E-state index is 0.00920. The van der Waals surface area contributed by atoms with Crippen LogP contribution in [0.3, 0.4) is 0 Å². The molecular formula is C20H23N3O4. The first-order valence-corrected chi connectivity index (χ1v) is 9.13. The number of hydrogen-bond acceptors (Lipinski definition) is 6. The number of rotatable bonds is 4. The Morgan fingerprint density at radius 3 is 2.70 bits per heavy atom. The molecule has 2 aliphatic rings. The number of hydrogen-bond donors (Lipinski definition) is 0. The first-order valence-electron chi connectivity index (χ1n) is 9.13. The number of nitrogens with zero attached hydrogens (tertiary/aromatic N) is 3. The molecular weight excluding hydrogens is 346 g/mol. The number of benzene rings is 1. The number of pyridine rings is 1. The fourth-order valence-corrected chi connectivity index (χ4v) is 3.41. The van der Waals surface area contributed by atoms with Gasteiger partial charge in [0.1, 0.15) is 11.6 Å². The van der Waals surface area contributed by atoms with Crippen molar-refractivity contribution < 1.29 is 19.0 Å². The highest BCUT2D eigenvalue weighted by Gasteiger charge is 2.27. The lowest BCUT2D eigenvalue weighted by atomic mass is 10.2. The van der Waals surface area contributed by atoms with Crippen molar-refractivity contribution in [2.24, 2.45) is 0 Å². The summed E-state index contributed by atoms with van der Waals surface area (Å²) in [5.41, 5.74) is 1.15. The molecule has 1 atom stereocenters. The Hall–Kier alpha value is -2.96. The van der Waals surface area contributed by atoms with Gasteiger partial charge in [0.25, 0.3) is 5.91 Å². The molecule has 1 unspecified atom stereocenters. The van der Waals surface area contributed by atoms with Crippen LogP contribution in [0.25, 0.3) is 0 Å². The van der Waals surface area contributed by atoms with Crippen LogP contribution in [-0.2, 0) is 4.79 Å². The van der Waals surface area contributed by atoms with Crippen molar-refractivity contribution >= 4 is 11.7 Å². The zero-order valence-corrected chi connectivity index (χ0v) is 15.6. The number of aryl methyl sites for hydroxylation is 1. The van der Waals surface area contributed by atoms with Crippen molar-refractivity contribution in [3.05, 3.63) is 42.1 Å². The monoisotopic (exact) mass is 369 g/mol. The zero-order chi connectivity index (χ0) is 18.8. The minimum atomic E-state index is -0.562. The summed E-state index contributed by atoms with van der Waals surface area (Å²) in [6.45, 7) is 6.89. The number of amides is 1. The van der Waals surface area contributed by atoms with Gasteiger partial charge < -0.3 is 24.0 Å². The molecule has 0 aliphatic carbocycles. The van der Waals surface area contributed by atoms with Crippen molar-refractivity contribution in [3.63, 3.8) is 0 Å². The summed E-state index contributed by atoms with van der Waals surface area (Å²) in [6.07, 6.45) is 1.25. The summed E-state index contributed by atoms with van der Waals surface area (Å²) in [4.78, 5) is 21.3. The van der Waals surface area contributed by atoms with Crippen LogP contribution in [-0.4, -0.2) is 54.9 Å². The number of fused-ring (bicyclic) bond motifs is 1. The number of ether oxygens (including phenoxy) is 3. The molecule has 0 saturated carbocycles. The maximum Gasteiger partial charge on any atom is 0.263 e. The van der Waals surface area contributed by atoms with E-state index in [0.29, 0.717) is 30.3 Å². The number of carbonyl (C=O) groups excluding carboxylic acids is 1. The van der Waals surface area contributed by atoms with Gasteiger partial charge in [-0.2, -0.15) is 0 Å². The van der Waals surface area contributed by atoms with E-state index in [1.165, 1.54) is 0 Å². The number of aromatic nitrogens is 1. The van der Waals surface area contributed by atoms with Crippen molar-refractivity contribution in [2.75, 3.05) is 37.9 Å². The summed E-state index contributed by atoms with van der Waals surface area (Å²) in [5, 5.41) is 0. The molecule has 1 fully saturated rings. The molecule has 7 nitrogen and oxygen atoms in total. The van der Waals surface area contributed by atoms with Gasteiger partial charge in [-0.25, -0.2) is 4.98 Å². The molecule has 27 heavy (non-hydrogen) atoms. The van der Waals surface area contributed by atoms with E-state index in [0.717, 1.165) is 24.5 Å². The van der Waals surface area contributed by atoms with E-state index in [9.17, 15) is 4.79 Å². The van der Waals surface area contributed by atoms with Crippen LogP contribution in [0.2, 0.25) is 0 Å². The fourth-order valence-electron chi connectivity index (χ4n) is 3.41. The average molecular weight is 369 g/mol. The Kier molecular flexibility index (Phi) is 4.75. The molecule has 7 heteroatoms. The highest BCUT2D eigenvalue weighted by molar-refractivity contribution is 5.81. The van der Waals surface area contributed by atoms with Gasteiger partial charge in [-0.1, -0.05) is 6.07 Å². The molecule has 1 aromatic carbocycles. The third-order valence-electron chi connectivity index (χ3n) is 4.88. The van der Waals surface area contributed by atoms with E-state index < -0.39 is 6.10 Å². The average Bonchev–Trinajstić information content (AvgIpc) is 3.16. The summed E-state index contributed by atoms with van der Waals surface area (Å²) < 4.78 is 16.5. The van der Waals surface area contributed by atoms with Crippen molar-refractivity contribution in [2.45, 2.75) is 20.0 Å². The molecule has 1 aromatic heterocycles. The van der Waals surface area contributed by atoms with E-state index in [4.69, 9.17) is 14.2 Å². The Morgan fingerprint density at radius 2 is 1.93 bits per heavy atom. The van der Waals surface area contributed by atoms with E-state index in [1.807, 2.05) is 11.0 Å². The van der Waals surface area contributed by atoms with Gasteiger partial charge in [0, 0.05) is 38.4 Å². The molecule has 0 radical (unpaired) electrons. The predicted molar refractivity (Wildman–Crippen MR) is 100 cm³/mol. The van der Waals surface area contributed by atoms with Crippen LogP contribution in [0, 0.1) is 6.92 Å². The number of piperazine rings is 1. The normalized spacial score (nSPS) is 17.0. The van der Waals surface area contributed by atoms with Crippen LogP contribution in [0.1, 0.15) is 12.5 Å². The second kappa shape index (κ2) is 7.34. The standard InChI is InChI=1S/C20H23N3O4/c1-14-4-3-7-21-19(14)22-8-10-23(11-9-22)20(24)15(2)27-16-5-6-17-18(12-16)26-13-25-17/h3-7,12,15H,8-11,13H2,1-2H3. The molecule has 1 saturated heterocycles. The van der Waals surface area contributed by atoms with Crippen molar-refractivity contribution in [1.82, 2.24) is 9.88 Å². The molecule has 2 aromatic rings. The van der Waals surface area contributed by atoms with Gasteiger partial charge >= 0.3 is 0 Å². The molecule has 4 rings (SSSR count). The Balaban J connectivity index is 1.34. The predicted octanol–water partition coefficient (Wildman–Crippen LogP) is 2.23. The molecule has 2 aliphatic heterocycles. The van der Waals surface area contributed by atoms with Crippen LogP contribution in [0.15, 0.2) is 36.5 Å². The van der Waals surface area contributed by atoms with E-state index in [1.54, 1.807) is 31.3 Å². The van der Waals surface area contributed by atoms with Crippen LogP contribution >= 0.6 is 0 Å². The highest BCUT2D eigenvalue weighted by Crippen LogP contribution is 2.35. The number of carbonyl (C=O) groups is 1. The summed E-state index contributed by atoms with van der Waals surface area (Å²) >= 11 is 0. The third kappa shape index (κ3) is 3.63. The SMILES string of the molecule is Cc1cccnc1N1CCN(C(=O)C(C)Oc2ccc3c(c2)OCO3)CC1. The quantitative estimate of drug-likeness (QED) is 0.824. The van der Waals surface area contributed by atoms with Gasteiger partial charge in [0.15, 0.2) is 17.6 Å². The maximum absolute atomic E-state index is 12.8. The van der Waals surface area contributed by atoms with Crippen molar-refractivity contribution in [1.29, 1.82) is 0 Å². The maximum atomic E-state index is 12.8. The van der Waals surface area contributed by atoms with Gasteiger partial charge in [0.05, 0.1) is 0 Å². The second-order valence-corrected chi connectivity index (χ2v) is 6.73. The van der Waals surface area contributed by atoms with Gasteiger partial charge in [-0.3, -0.25) is 4.79 Å². The molecule has 1 amide bonds. The smallest absolute Gasteiger partial charge is 0.263 e. The topological polar surface area (TPSA) is 64.1 Å². The lowest BCUT2D eigenvalue weighted by Crippen LogP contribution is -2.52. The summed E-state index contributed by atoms with van der Waals surface area (Å²) in [6, 6.07) is 9.34. The molecule has 0 spiro atoms. The first kappa shape index (κ1) is 17.5. The van der Waals surface area contributed by atoms with E-state index >= 15 is 0 Å². The molecule has 3 heterocycles. The minimum Gasteiger partial charge on any atom is -0.481 e. The molecule has 0 bridgehead atoms. The lowest BCUT2D eigenvalue weighted by molar-refractivity contribution is -0.138. The Morgan fingerprint density at radius 1 is 1.15 bits per heavy atom. The Bertz CT molecular complexity index is 834. The van der Waals surface area contributed by atoms with Gasteiger partial charge in [0.2, 0.25) is 6.79 Å². The van der Waals surface area contributed by atoms with E-state index in [-0.39, 0.29) is 12.7 Å². The van der Waals surface area contributed by atoms with Crippen LogP contribution in [0.4, 0.5) is 5.82 Å². The second-order valence-electron chi connectivity index (χ2n) is 6.73. The fraction of sp³-hybridized carbons (Fsp3) is 0.400. The summed E-state index contributed by atoms with van der Waals surface area (Å²) in [5.74, 6) is 2.93. The number of anilines is 1. The third-order valence-corrected chi connectivity index (χ3v) is 4.88. The van der Waals surface area contributed by atoms with Crippen LogP contribution in [0.5, 0.6) is 17.2 Å². The zero-order valence-electron chi connectivity index (χ0n) is 15.6.